The first-order valence-corrected chi connectivity index (χ1v) is 9.42. The van der Waals surface area contributed by atoms with Gasteiger partial charge in [0, 0.05) is 29.2 Å². The third-order valence-electron chi connectivity index (χ3n) is 5.17. The first kappa shape index (κ1) is 19.3. The summed E-state index contributed by atoms with van der Waals surface area (Å²) in [6, 6.07) is 2.18. The van der Waals surface area contributed by atoms with Gasteiger partial charge in [0.05, 0.1) is 24.7 Å². The summed E-state index contributed by atoms with van der Waals surface area (Å²) < 4.78 is 7.27. The number of ether oxygens (including phenoxy) is 1. The van der Waals surface area contributed by atoms with Gasteiger partial charge in [0.1, 0.15) is 0 Å². The Morgan fingerprint density at radius 3 is 2.81 bits per heavy atom. The number of benzene rings is 1. The molecule has 142 valence electrons. The van der Waals surface area contributed by atoms with Gasteiger partial charge in [-0.1, -0.05) is 30.3 Å². The van der Waals surface area contributed by atoms with E-state index in [4.69, 9.17) is 16.3 Å². The van der Waals surface area contributed by atoms with Crippen LogP contribution >= 0.6 is 11.6 Å². The van der Waals surface area contributed by atoms with Crippen LogP contribution in [-0.4, -0.2) is 24.2 Å². The van der Waals surface area contributed by atoms with Gasteiger partial charge >= 0.3 is 5.97 Å². The molecule has 4 nitrogen and oxygen atoms in total. The largest absolute Gasteiger partial charge is 0.469 e. The second-order valence-electron chi connectivity index (χ2n) is 6.77. The zero-order valence-electron chi connectivity index (χ0n) is 16.3. The molecular formula is C22H25ClN2O2. The summed E-state index contributed by atoms with van der Waals surface area (Å²) in [5.41, 5.74) is 7.29. The first-order chi connectivity index (χ1) is 12.9. The number of nitrogens with zero attached hydrogens (tertiary/aromatic N) is 1. The molecule has 3 rings (SSSR count). The monoisotopic (exact) mass is 384 g/mol. The van der Waals surface area contributed by atoms with Crippen LogP contribution in [0.25, 0.3) is 16.5 Å². The SMILES string of the molecule is C=C(/C=C\C(Cl)=C/C)c1c(CC(=O)OC)c(C)c2c3c1cc(C)n3CCN2. The van der Waals surface area contributed by atoms with Crippen molar-refractivity contribution in [3.63, 3.8) is 0 Å². The average Bonchev–Trinajstić information content (AvgIpc) is 3.00. The van der Waals surface area contributed by atoms with E-state index >= 15 is 0 Å². The fraction of sp³-hybridized carbons (Fsp3) is 0.318. The molecule has 0 saturated heterocycles. The number of allylic oxidation sites excluding steroid dienone is 5. The van der Waals surface area contributed by atoms with Gasteiger partial charge in [0.25, 0.3) is 0 Å². The summed E-state index contributed by atoms with van der Waals surface area (Å²) in [6.45, 7) is 12.1. The first-order valence-electron chi connectivity index (χ1n) is 9.04. The summed E-state index contributed by atoms with van der Waals surface area (Å²) in [5.74, 6) is -0.263. The van der Waals surface area contributed by atoms with Crippen molar-refractivity contribution in [3.05, 3.63) is 58.3 Å². The molecule has 0 atom stereocenters. The molecular weight excluding hydrogens is 360 g/mol. The number of hydrogen-bond acceptors (Lipinski definition) is 3. The number of rotatable bonds is 5. The van der Waals surface area contributed by atoms with Crippen molar-refractivity contribution in [2.75, 3.05) is 19.0 Å². The molecule has 2 aromatic rings. The van der Waals surface area contributed by atoms with Crippen LogP contribution < -0.4 is 5.32 Å². The summed E-state index contributed by atoms with van der Waals surface area (Å²) in [4.78, 5) is 12.1. The Hall–Kier alpha value is -2.46. The lowest BCUT2D eigenvalue weighted by Crippen LogP contribution is -2.20. The molecule has 27 heavy (non-hydrogen) atoms. The minimum atomic E-state index is -0.263. The fourth-order valence-electron chi connectivity index (χ4n) is 3.78. The third-order valence-corrected chi connectivity index (χ3v) is 5.51. The van der Waals surface area contributed by atoms with E-state index in [-0.39, 0.29) is 12.4 Å². The number of nitrogens with one attached hydrogen (secondary N) is 1. The Morgan fingerprint density at radius 1 is 1.41 bits per heavy atom. The van der Waals surface area contributed by atoms with E-state index in [1.807, 2.05) is 25.2 Å². The standard InChI is InChI=1S/C22H25ClN2O2/c1-6-16(23)8-7-13(2)20-17(12-19(26)27-5)15(4)21-22-18(20)11-14(3)25(22)10-9-24-21/h6-8,11,24H,2,9-10,12H2,1,3-5H3/b8-7-,16-6+. The van der Waals surface area contributed by atoms with Gasteiger partial charge in [-0.3, -0.25) is 4.79 Å². The Kier molecular flexibility index (Phi) is 5.47. The normalized spacial score (nSPS) is 13.9. The molecule has 0 unspecified atom stereocenters. The highest BCUT2D eigenvalue weighted by Crippen LogP contribution is 2.41. The summed E-state index contributed by atoms with van der Waals surface area (Å²) in [6.07, 6.45) is 5.77. The lowest BCUT2D eigenvalue weighted by Gasteiger charge is -2.25. The number of carbonyl (C=O) groups is 1. The highest BCUT2D eigenvalue weighted by Gasteiger charge is 2.25. The van der Waals surface area contributed by atoms with E-state index in [0.29, 0.717) is 5.03 Å². The summed E-state index contributed by atoms with van der Waals surface area (Å²) >= 11 is 6.12. The molecule has 0 radical (unpaired) electrons. The molecule has 0 saturated carbocycles. The van der Waals surface area contributed by atoms with Crippen LogP contribution in [0.1, 0.15) is 29.3 Å². The van der Waals surface area contributed by atoms with E-state index in [2.05, 4.69) is 36.4 Å². The molecule has 5 heteroatoms. The molecule has 1 aliphatic rings. The Morgan fingerprint density at radius 2 is 2.15 bits per heavy atom. The topological polar surface area (TPSA) is 43.3 Å². The van der Waals surface area contributed by atoms with Crippen molar-refractivity contribution in [2.45, 2.75) is 33.7 Å². The molecule has 1 aromatic carbocycles. The van der Waals surface area contributed by atoms with Gasteiger partial charge in [0.15, 0.2) is 0 Å². The van der Waals surface area contributed by atoms with Crippen LogP contribution in [0.2, 0.25) is 0 Å². The summed E-state index contributed by atoms with van der Waals surface area (Å²) in [7, 11) is 1.42. The molecule has 0 fully saturated rings. The predicted molar refractivity (Wildman–Crippen MR) is 113 cm³/mol. The van der Waals surface area contributed by atoms with E-state index in [9.17, 15) is 4.79 Å². The average molecular weight is 385 g/mol. The van der Waals surface area contributed by atoms with Gasteiger partial charge in [-0.25, -0.2) is 0 Å². The van der Waals surface area contributed by atoms with Crippen LogP contribution in [0.4, 0.5) is 5.69 Å². The highest BCUT2D eigenvalue weighted by molar-refractivity contribution is 6.31. The molecule has 0 amide bonds. The number of methoxy groups -OCH3 is 1. The van der Waals surface area contributed by atoms with Crippen LogP contribution in [0, 0.1) is 13.8 Å². The van der Waals surface area contributed by atoms with Crippen LogP contribution in [0.15, 0.2) is 35.9 Å². The smallest absolute Gasteiger partial charge is 0.310 e. The van der Waals surface area contributed by atoms with Crippen molar-refractivity contribution >= 4 is 39.7 Å². The molecule has 2 heterocycles. The van der Waals surface area contributed by atoms with E-state index in [0.717, 1.165) is 46.4 Å². The van der Waals surface area contributed by atoms with E-state index < -0.39 is 0 Å². The van der Waals surface area contributed by atoms with Crippen molar-refractivity contribution in [1.29, 1.82) is 0 Å². The quantitative estimate of drug-likeness (QED) is 0.575. The maximum absolute atomic E-state index is 12.1. The summed E-state index contributed by atoms with van der Waals surface area (Å²) in [5, 5.41) is 5.26. The lowest BCUT2D eigenvalue weighted by molar-refractivity contribution is -0.139. The predicted octanol–water partition coefficient (Wildman–Crippen LogP) is 5.11. The number of esters is 1. The van der Waals surface area contributed by atoms with Crippen molar-refractivity contribution in [1.82, 2.24) is 4.57 Å². The zero-order valence-corrected chi connectivity index (χ0v) is 17.0. The van der Waals surface area contributed by atoms with Gasteiger partial charge in [-0.2, -0.15) is 0 Å². The number of aryl methyl sites for hydroxylation is 1. The fourth-order valence-corrected chi connectivity index (χ4v) is 3.84. The van der Waals surface area contributed by atoms with Crippen LogP contribution in [0.3, 0.4) is 0 Å². The molecule has 0 spiro atoms. The van der Waals surface area contributed by atoms with E-state index in [1.54, 1.807) is 0 Å². The maximum Gasteiger partial charge on any atom is 0.310 e. The van der Waals surface area contributed by atoms with Crippen molar-refractivity contribution < 1.29 is 9.53 Å². The third kappa shape index (κ3) is 3.42. The minimum Gasteiger partial charge on any atom is -0.469 e. The number of aromatic nitrogens is 1. The number of carbonyl (C=O) groups excluding carboxylic acids is 1. The van der Waals surface area contributed by atoms with Gasteiger partial charge in [-0.05, 0) is 55.2 Å². The van der Waals surface area contributed by atoms with E-state index in [1.165, 1.54) is 18.3 Å². The molecule has 0 aliphatic carbocycles. The number of hydrogen-bond donors (Lipinski definition) is 1. The number of anilines is 1. The Bertz CT molecular complexity index is 996. The van der Waals surface area contributed by atoms with Crippen molar-refractivity contribution in [3.8, 4) is 0 Å². The molecule has 0 bridgehead atoms. The van der Waals surface area contributed by atoms with Gasteiger partial charge in [-0.15, -0.1) is 0 Å². The van der Waals surface area contributed by atoms with Crippen LogP contribution in [-0.2, 0) is 22.5 Å². The number of halogens is 1. The molecule has 1 aromatic heterocycles. The second kappa shape index (κ2) is 7.65. The minimum absolute atomic E-state index is 0.205. The maximum atomic E-state index is 12.1. The second-order valence-corrected chi connectivity index (χ2v) is 7.20. The molecule has 1 N–H and O–H groups in total. The zero-order chi connectivity index (χ0) is 19.7. The highest BCUT2D eigenvalue weighted by atomic mass is 35.5. The van der Waals surface area contributed by atoms with Gasteiger partial charge < -0.3 is 14.6 Å². The van der Waals surface area contributed by atoms with Crippen LogP contribution in [0.5, 0.6) is 0 Å². The Balaban J connectivity index is 2.30. The Labute approximate surface area is 165 Å². The van der Waals surface area contributed by atoms with Gasteiger partial charge in [0.2, 0.25) is 0 Å². The van der Waals surface area contributed by atoms with Crippen molar-refractivity contribution in [2.24, 2.45) is 0 Å². The molecule has 1 aliphatic heterocycles. The lowest BCUT2D eigenvalue weighted by atomic mass is 9.89.